The molecule has 0 saturated carbocycles. The van der Waals surface area contributed by atoms with Gasteiger partial charge in [-0.15, -0.1) is 0 Å². The van der Waals surface area contributed by atoms with Crippen LogP contribution in [0.3, 0.4) is 0 Å². The summed E-state index contributed by atoms with van der Waals surface area (Å²) in [4.78, 5) is 29.7. The number of anilines is 1. The molecule has 1 aromatic heterocycles. The molecule has 1 aromatic rings. The Labute approximate surface area is 111 Å². The summed E-state index contributed by atoms with van der Waals surface area (Å²) >= 11 is 0. The second-order valence-corrected chi connectivity index (χ2v) is 4.29. The first-order chi connectivity index (χ1) is 9.17. The van der Waals surface area contributed by atoms with E-state index >= 15 is 0 Å². The Kier molecular flexibility index (Phi) is 3.96. The molecule has 7 heteroatoms. The molecule has 2 rings (SSSR count). The van der Waals surface area contributed by atoms with Crippen LogP contribution in [-0.2, 0) is 4.79 Å². The van der Waals surface area contributed by atoms with E-state index < -0.39 is 6.04 Å². The summed E-state index contributed by atoms with van der Waals surface area (Å²) < 4.78 is 0. The summed E-state index contributed by atoms with van der Waals surface area (Å²) in [5.41, 5.74) is 3.39. The van der Waals surface area contributed by atoms with E-state index in [4.69, 9.17) is 5.84 Å². The Bertz CT molecular complexity index is 474. The fourth-order valence-electron chi connectivity index (χ4n) is 2.12. The monoisotopic (exact) mass is 263 g/mol. The Morgan fingerprint density at radius 3 is 3.00 bits per heavy atom. The molecule has 1 saturated heterocycles. The topological polar surface area (TPSA) is 100 Å². The van der Waals surface area contributed by atoms with Gasteiger partial charge in [-0.3, -0.25) is 15.4 Å². The average Bonchev–Trinajstić information content (AvgIpc) is 2.46. The van der Waals surface area contributed by atoms with Crippen molar-refractivity contribution < 1.29 is 9.59 Å². The molecule has 7 nitrogen and oxygen atoms in total. The number of aromatic nitrogens is 1. The molecule has 0 aromatic carbocycles. The number of piperazine rings is 1. The molecule has 1 aliphatic heterocycles. The van der Waals surface area contributed by atoms with Gasteiger partial charge in [0.15, 0.2) is 0 Å². The van der Waals surface area contributed by atoms with Gasteiger partial charge in [-0.25, -0.2) is 4.98 Å². The number of nitrogens with zero attached hydrogens (tertiary/aromatic N) is 2. The van der Waals surface area contributed by atoms with E-state index in [0.29, 0.717) is 30.9 Å². The lowest BCUT2D eigenvalue weighted by Gasteiger charge is -2.34. The molecule has 1 atom stereocenters. The van der Waals surface area contributed by atoms with Crippen molar-refractivity contribution >= 4 is 17.5 Å². The average molecular weight is 263 g/mol. The molecule has 102 valence electrons. The van der Waals surface area contributed by atoms with Crippen LogP contribution < -0.4 is 16.6 Å². The van der Waals surface area contributed by atoms with Crippen LogP contribution in [0.2, 0.25) is 0 Å². The van der Waals surface area contributed by atoms with E-state index in [1.165, 1.54) is 6.20 Å². The number of rotatable bonds is 3. The van der Waals surface area contributed by atoms with Gasteiger partial charge in [-0.05, 0) is 18.6 Å². The van der Waals surface area contributed by atoms with Crippen molar-refractivity contribution in [1.82, 2.24) is 15.2 Å². The van der Waals surface area contributed by atoms with Crippen LogP contribution in [0.4, 0.5) is 5.69 Å². The first-order valence-corrected chi connectivity index (χ1v) is 6.18. The van der Waals surface area contributed by atoms with Crippen LogP contribution in [-0.4, -0.2) is 40.8 Å². The largest absolute Gasteiger partial charge is 0.353 e. The number of nitrogen functional groups attached to an aromatic ring is 1. The zero-order valence-electron chi connectivity index (χ0n) is 10.7. The fraction of sp³-hybridized carbons (Fsp3) is 0.417. The molecule has 0 spiro atoms. The third kappa shape index (κ3) is 2.65. The minimum Gasteiger partial charge on any atom is -0.353 e. The molecule has 0 bridgehead atoms. The van der Waals surface area contributed by atoms with Gasteiger partial charge < -0.3 is 15.6 Å². The third-order valence-electron chi connectivity index (χ3n) is 3.13. The van der Waals surface area contributed by atoms with Gasteiger partial charge in [0.05, 0.1) is 11.9 Å². The normalized spacial score (nSPS) is 18.9. The van der Waals surface area contributed by atoms with Crippen LogP contribution in [0.25, 0.3) is 0 Å². The Morgan fingerprint density at radius 1 is 1.63 bits per heavy atom. The SMILES string of the molecule is CCC1C(=O)NCCN1C(=O)c1ccc(NN)cn1. The highest BCUT2D eigenvalue weighted by atomic mass is 16.2. The first kappa shape index (κ1) is 13.3. The van der Waals surface area contributed by atoms with Gasteiger partial charge in [0.2, 0.25) is 5.91 Å². The number of hydrazine groups is 1. The van der Waals surface area contributed by atoms with Crippen molar-refractivity contribution in [2.45, 2.75) is 19.4 Å². The summed E-state index contributed by atoms with van der Waals surface area (Å²) in [5.74, 6) is 4.90. The Morgan fingerprint density at radius 2 is 2.42 bits per heavy atom. The summed E-state index contributed by atoms with van der Waals surface area (Å²) in [6.45, 7) is 2.86. The van der Waals surface area contributed by atoms with Gasteiger partial charge in [0, 0.05) is 13.1 Å². The number of hydrogen-bond acceptors (Lipinski definition) is 5. The quantitative estimate of drug-likeness (QED) is 0.514. The van der Waals surface area contributed by atoms with Crippen molar-refractivity contribution in [1.29, 1.82) is 0 Å². The zero-order chi connectivity index (χ0) is 13.8. The predicted octanol–water partition coefficient (Wildman–Crippen LogP) is -0.282. The highest BCUT2D eigenvalue weighted by molar-refractivity contribution is 5.97. The maximum Gasteiger partial charge on any atom is 0.273 e. The predicted molar refractivity (Wildman–Crippen MR) is 70.2 cm³/mol. The van der Waals surface area contributed by atoms with Crippen molar-refractivity contribution in [2.75, 3.05) is 18.5 Å². The molecular formula is C12H17N5O2. The molecule has 1 fully saturated rings. The Balaban J connectivity index is 2.19. The second kappa shape index (κ2) is 5.66. The van der Waals surface area contributed by atoms with Crippen LogP contribution >= 0.6 is 0 Å². The number of hydrogen-bond donors (Lipinski definition) is 3. The number of nitrogens with two attached hydrogens (primary N) is 1. The molecule has 19 heavy (non-hydrogen) atoms. The zero-order valence-corrected chi connectivity index (χ0v) is 10.7. The lowest BCUT2D eigenvalue weighted by Crippen LogP contribution is -2.57. The van der Waals surface area contributed by atoms with Crippen molar-refractivity contribution in [3.63, 3.8) is 0 Å². The Hall–Kier alpha value is -2.15. The highest BCUT2D eigenvalue weighted by Crippen LogP contribution is 2.13. The number of amides is 2. The summed E-state index contributed by atoms with van der Waals surface area (Å²) in [7, 11) is 0. The molecule has 1 unspecified atom stereocenters. The van der Waals surface area contributed by atoms with Gasteiger partial charge >= 0.3 is 0 Å². The molecule has 4 N–H and O–H groups in total. The summed E-state index contributed by atoms with van der Waals surface area (Å²) in [5, 5.41) is 2.76. The molecule has 2 amide bonds. The van der Waals surface area contributed by atoms with E-state index in [1.807, 2.05) is 6.92 Å². The van der Waals surface area contributed by atoms with Gasteiger partial charge in [0.1, 0.15) is 11.7 Å². The lowest BCUT2D eigenvalue weighted by atomic mass is 10.1. The summed E-state index contributed by atoms with van der Waals surface area (Å²) in [6.07, 6.45) is 2.07. The molecule has 2 heterocycles. The van der Waals surface area contributed by atoms with Gasteiger partial charge in [-0.2, -0.15) is 0 Å². The smallest absolute Gasteiger partial charge is 0.273 e. The summed E-state index contributed by atoms with van der Waals surface area (Å²) in [6, 6.07) is 2.84. The lowest BCUT2D eigenvalue weighted by molar-refractivity contribution is -0.127. The van der Waals surface area contributed by atoms with Crippen LogP contribution in [0.1, 0.15) is 23.8 Å². The minimum absolute atomic E-state index is 0.109. The van der Waals surface area contributed by atoms with Crippen molar-refractivity contribution in [3.8, 4) is 0 Å². The third-order valence-corrected chi connectivity index (χ3v) is 3.13. The fourth-order valence-corrected chi connectivity index (χ4v) is 2.12. The number of pyridine rings is 1. The van der Waals surface area contributed by atoms with Crippen LogP contribution in [0.15, 0.2) is 18.3 Å². The molecular weight excluding hydrogens is 246 g/mol. The van der Waals surface area contributed by atoms with E-state index in [9.17, 15) is 9.59 Å². The van der Waals surface area contributed by atoms with Crippen LogP contribution in [0.5, 0.6) is 0 Å². The van der Waals surface area contributed by atoms with Crippen molar-refractivity contribution in [2.24, 2.45) is 5.84 Å². The van der Waals surface area contributed by atoms with E-state index in [0.717, 1.165) is 0 Å². The number of carbonyl (C=O) groups is 2. The minimum atomic E-state index is -0.421. The van der Waals surface area contributed by atoms with Gasteiger partial charge in [0.25, 0.3) is 5.91 Å². The van der Waals surface area contributed by atoms with E-state index in [1.54, 1.807) is 17.0 Å². The first-order valence-electron chi connectivity index (χ1n) is 6.18. The van der Waals surface area contributed by atoms with Gasteiger partial charge in [-0.1, -0.05) is 6.92 Å². The van der Waals surface area contributed by atoms with Crippen molar-refractivity contribution in [3.05, 3.63) is 24.0 Å². The molecule has 1 aliphatic rings. The molecule has 0 radical (unpaired) electrons. The number of carbonyl (C=O) groups excluding carboxylic acids is 2. The van der Waals surface area contributed by atoms with Crippen LogP contribution in [0, 0.1) is 0 Å². The highest BCUT2D eigenvalue weighted by Gasteiger charge is 2.32. The second-order valence-electron chi connectivity index (χ2n) is 4.29. The maximum atomic E-state index is 12.3. The maximum absolute atomic E-state index is 12.3. The van der Waals surface area contributed by atoms with E-state index in [-0.39, 0.29) is 11.8 Å². The number of nitrogens with one attached hydrogen (secondary N) is 2. The molecule has 0 aliphatic carbocycles. The van der Waals surface area contributed by atoms with E-state index in [2.05, 4.69) is 15.7 Å². The standard InChI is InChI=1S/C12H17N5O2/c1-2-10-11(18)14-5-6-17(10)12(19)9-4-3-8(16-13)7-15-9/h3-4,7,10,16H,2,5-6,13H2,1H3,(H,14,18).